The van der Waals surface area contributed by atoms with Crippen LogP contribution in [0.2, 0.25) is 0 Å². The molecule has 0 aliphatic carbocycles. The first-order valence-electron chi connectivity index (χ1n) is 7.23. The van der Waals surface area contributed by atoms with Crippen LogP contribution in [0.25, 0.3) is 0 Å². The maximum atomic E-state index is 13.0. The Morgan fingerprint density at radius 2 is 2.05 bits per heavy atom. The third-order valence-corrected chi connectivity index (χ3v) is 4.14. The van der Waals surface area contributed by atoms with Crippen molar-refractivity contribution in [1.29, 1.82) is 0 Å². The lowest BCUT2D eigenvalue weighted by Gasteiger charge is -2.16. The van der Waals surface area contributed by atoms with Gasteiger partial charge in [-0.05, 0) is 29.3 Å². The number of carboxylic acid groups (broad SMARTS) is 1. The first-order chi connectivity index (χ1) is 10.6. The number of hydrogen-bond acceptors (Lipinski definition) is 3. The van der Waals surface area contributed by atoms with Crippen molar-refractivity contribution in [1.82, 2.24) is 9.88 Å². The highest BCUT2D eigenvalue weighted by Crippen LogP contribution is 2.33. The summed E-state index contributed by atoms with van der Waals surface area (Å²) in [4.78, 5) is 17.7. The van der Waals surface area contributed by atoms with E-state index in [0.717, 1.165) is 11.1 Å². The molecule has 1 saturated heterocycles. The average molecular weight is 300 g/mol. The van der Waals surface area contributed by atoms with Crippen molar-refractivity contribution in [2.24, 2.45) is 5.92 Å². The lowest BCUT2D eigenvalue weighted by molar-refractivity contribution is -0.141. The Morgan fingerprint density at radius 1 is 1.27 bits per heavy atom. The van der Waals surface area contributed by atoms with Gasteiger partial charge >= 0.3 is 5.97 Å². The van der Waals surface area contributed by atoms with Gasteiger partial charge in [-0.3, -0.25) is 14.7 Å². The molecule has 2 heterocycles. The lowest BCUT2D eigenvalue weighted by Crippen LogP contribution is -2.23. The molecule has 114 valence electrons. The monoisotopic (exact) mass is 300 g/mol. The van der Waals surface area contributed by atoms with Crippen molar-refractivity contribution in [2.75, 3.05) is 13.1 Å². The van der Waals surface area contributed by atoms with Crippen molar-refractivity contribution in [3.8, 4) is 0 Å². The maximum absolute atomic E-state index is 13.0. The minimum atomic E-state index is -0.782. The van der Waals surface area contributed by atoms with Gasteiger partial charge in [0.25, 0.3) is 0 Å². The fourth-order valence-corrected chi connectivity index (χ4v) is 3.05. The van der Waals surface area contributed by atoms with Gasteiger partial charge in [-0.2, -0.15) is 0 Å². The first kappa shape index (κ1) is 14.7. The van der Waals surface area contributed by atoms with Crippen LogP contribution in [0, 0.1) is 11.7 Å². The van der Waals surface area contributed by atoms with Crippen LogP contribution >= 0.6 is 0 Å². The summed E-state index contributed by atoms with van der Waals surface area (Å²) in [5.74, 6) is -1.55. The molecule has 1 aromatic carbocycles. The summed E-state index contributed by atoms with van der Waals surface area (Å²) in [5.41, 5.74) is 1.94. The van der Waals surface area contributed by atoms with Crippen molar-refractivity contribution >= 4 is 5.97 Å². The molecule has 0 amide bonds. The molecule has 0 unspecified atom stereocenters. The predicted octanol–water partition coefficient (Wildman–Crippen LogP) is 2.52. The predicted molar refractivity (Wildman–Crippen MR) is 79.8 cm³/mol. The zero-order chi connectivity index (χ0) is 15.5. The molecule has 1 aliphatic rings. The lowest BCUT2D eigenvalue weighted by atomic mass is 9.90. The number of nitrogens with zero attached hydrogens (tertiary/aromatic N) is 2. The summed E-state index contributed by atoms with van der Waals surface area (Å²) >= 11 is 0. The van der Waals surface area contributed by atoms with Crippen LogP contribution in [0.1, 0.15) is 17.0 Å². The van der Waals surface area contributed by atoms with Gasteiger partial charge in [-0.1, -0.05) is 18.2 Å². The summed E-state index contributed by atoms with van der Waals surface area (Å²) in [7, 11) is 0. The number of carboxylic acids is 1. The average Bonchev–Trinajstić information content (AvgIpc) is 2.95. The van der Waals surface area contributed by atoms with Crippen LogP contribution in [-0.4, -0.2) is 34.0 Å². The third kappa shape index (κ3) is 3.14. The fraction of sp³-hybridized carbons (Fsp3) is 0.294. The van der Waals surface area contributed by atoms with E-state index in [-0.39, 0.29) is 11.7 Å². The van der Waals surface area contributed by atoms with E-state index in [4.69, 9.17) is 0 Å². The molecule has 1 N–H and O–H groups in total. The van der Waals surface area contributed by atoms with Gasteiger partial charge in [-0.15, -0.1) is 0 Å². The van der Waals surface area contributed by atoms with Gasteiger partial charge in [0.15, 0.2) is 0 Å². The second-order valence-corrected chi connectivity index (χ2v) is 5.66. The number of carbonyl (C=O) groups is 1. The largest absolute Gasteiger partial charge is 0.481 e. The molecule has 2 aromatic rings. The zero-order valence-corrected chi connectivity index (χ0v) is 12.0. The molecule has 5 heteroatoms. The van der Waals surface area contributed by atoms with E-state index in [0.29, 0.717) is 19.6 Å². The summed E-state index contributed by atoms with van der Waals surface area (Å²) in [6.07, 6.45) is 3.42. The van der Waals surface area contributed by atoms with E-state index in [1.807, 2.05) is 12.1 Å². The van der Waals surface area contributed by atoms with Crippen LogP contribution in [0.4, 0.5) is 4.39 Å². The van der Waals surface area contributed by atoms with Crippen molar-refractivity contribution in [2.45, 2.75) is 12.5 Å². The van der Waals surface area contributed by atoms with E-state index in [9.17, 15) is 14.3 Å². The third-order valence-electron chi connectivity index (χ3n) is 4.14. The molecule has 1 fully saturated rings. The molecular weight excluding hydrogens is 283 g/mol. The Hall–Kier alpha value is -2.27. The second-order valence-electron chi connectivity index (χ2n) is 5.66. The zero-order valence-electron chi connectivity index (χ0n) is 12.0. The minimum Gasteiger partial charge on any atom is -0.481 e. The molecule has 3 rings (SSSR count). The molecule has 4 nitrogen and oxygen atoms in total. The van der Waals surface area contributed by atoms with Crippen LogP contribution in [-0.2, 0) is 11.3 Å². The normalized spacial score (nSPS) is 21.9. The SMILES string of the molecule is O=C(O)[C@H]1CN(Cc2ccc(F)cc2)C[C@H]1c1cccnc1. The number of hydrogen-bond donors (Lipinski definition) is 1. The highest BCUT2D eigenvalue weighted by Gasteiger charge is 2.38. The van der Waals surface area contributed by atoms with Crippen LogP contribution in [0.5, 0.6) is 0 Å². The highest BCUT2D eigenvalue weighted by molar-refractivity contribution is 5.72. The molecule has 0 radical (unpaired) electrons. The fourth-order valence-electron chi connectivity index (χ4n) is 3.05. The highest BCUT2D eigenvalue weighted by atomic mass is 19.1. The van der Waals surface area contributed by atoms with Crippen molar-refractivity contribution in [3.05, 3.63) is 65.7 Å². The van der Waals surface area contributed by atoms with Crippen LogP contribution < -0.4 is 0 Å². The summed E-state index contributed by atoms with van der Waals surface area (Å²) in [5, 5.41) is 9.47. The molecule has 0 bridgehead atoms. The van der Waals surface area contributed by atoms with Gasteiger partial charge in [0.1, 0.15) is 5.82 Å². The number of aliphatic carboxylic acids is 1. The maximum Gasteiger partial charge on any atom is 0.308 e. The molecule has 0 spiro atoms. The first-order valence-corrected chi connectivity index (χ1v) is 7.23. The van der Waals surface area contributed by atoms with Gasteiger partial charge < -0.3 is 5.11 Å². The Balaban J connectivity index is 1.76. The molecule has 0 saturated carbocycles. The van der Waals surface area contributed by atoms with Crippen molar-refractivity contribution < 1.29 is 14.3 Å². The topological polar surface area (TPSA) is 53.4 Å². The van der Waals surface area contributed by atoms with E-state index in [1.165, 1.54) is 12.1 Å². The molecule has 1 aromatic heterocycles. The van der Waals surface area contributed by atoms with E-state index < -0.39 is 11.9 Å². The molecule has 2 atom stereocenters. The Kier molecular flexibility index (Phi) is 4.15. The second kappa shape index (κ2) is 6.23. The quantitative estimate of drug-likeness (QED) is 0.942. The van der Waals surface area contributed by atoms with Crippen LogP contribution in [0.3, 0.4) is 0 Å². The standard InChI is InChI=1S/C17H17FN2O2/c18-14-5-3-12(4-6-14)9-20-10-15(16(11-20)17(21)22)13-2-1-7-19-8-13/h1-8,15-16H,9-11H2,(H,21,22)/t15-,16-/m0/s1. The van der Waals surface area contributed by atoms with Gasteiger partial charge in [0.2, 0.25) is 0 Å². The smallest absolute Gasteiger partial charge is 0.308 e. The summed E-state index contributed by atoms with van der Waals surface area (Å²) < 4.78 is 13.0. The number of benzene rings is 1. The Morgan fingerprint density at radius 3 is 2.68 bits per heavy atom. The van der Waals surface area contributed by atoms with Gasteiger partial charge in [0, 0.05) is 37.9 Å². The number of rotatable bonds is 4. The van der Waals surface area contributed by atoms with Crippen LogP contribution in [0.15, 0.2) is 48.8 Å². The Labute approximate surface area is 128 Å². The van der Waals surface area contributed by atoms with Crippen molar-refractivity contribution in [3.63, 3.8) is 0 Å². The number of halogens is 1. The van der Waals surface area contributed by atoms with Gasteiger partial charge in [-0.25, -0.2) is 4.39 Å². The summed E-state index contributed by atoms with van der Waals surface area (Å²) in [6.45, 7) is 1.78. The summed E-state index contributed by atoms with van der Waals surface area (Å²) in [6, 6.07) is 10.1. The number of pyridine rings is 1. The van der Waals surface area contributed by atoms with E-state index in [1.54, 1.807) is 24.5 Å². The number of aromatic nitrogens is 1. The van der Waals surface area contributed by atoms with Gasteiger partial charge in [0.05, 0.1) is 5.92 Å². The minimum absolute atomic E-state index is 0.0633. The van der Waals surface area contributed by atoms with E-state index >= 15 is 0 Å². The molecule has 22 heavy (non-hydrogen) atoms. The van der Waals surface area contributed by atoms with E-state index in [2.05, 4.69) is 9.88 Å². The Bertz CT molecular complexity index is 645. The molecular formula is C17H17FN2O2. The molecule has 1 aliphatic heterocycles. The number of likely N-dealkylation sites (tertiary alicyclic amines) is 1.